The monoisotopic (exact) mass is 207 g/mol. The van der Waals surface area contributed by atoms with Crippen LogP contribution in [0.2, 0.25) is 0 Å². The second-order valence-electron chi connectivity index (χ2n) is 3.93. The summed E-state index contributed by atoms with van der Waals surface area (Å²) in [5.74, 6) is 0. The number of nitrogens with two attached hydrogens (primary N) is 1. The Kier molecular flexibility index (Phi) is 3.36. The van der Waals surface area contributed by atoms with Crippen molar-refractivity contribution in [2.45, 2.75) is 31.3 Å². The third-order valence-corrected chi connectivity index (χ3v) is 2.87. The first kappa shape index (κ1) is 10.6. The standard InChI is InChI=1S/C12H17NO2/c1-14-12-10(13)7-11(12)15-8-9-5-3-2-4-6-9/h2-6,10-12H,7-8,13H2,1H3. The van der Waals surface area contributed by atoms with Gasteiger partial charge in [-0.1, -0.05) is 30.3 Å². The van der Waals surface area contributed by atoms with E-state index < -0.39 is 0 Å². The quantitative estimate of drug-likeness (QED) is 0.809. The van der Waals surface area contributed by atoms with Crippen LogP contribution >= 0.6 is 0 Å². The molecule has 3 atom stereocenters. The molecule has 3 heteroatoms. The fourth-order valence-corrected chi connectivity index (χ4v) is 1.88. The van der Waals surface area contributed by atoms with Crippen molar-refractivity contribution in [1.29, 1.82) is 0 Å². The predicted molar refractivity (Wildman–Crippen MR) is 58.4 cm³/mol. The molecular formula is C12H17NO2. The zero-order valence-electron chi connectivity index (χ0n) is 8.93. The molecule has 2 N–H and O–H groups in total. The maximum absolute atomic E-state index is 5.79. The lowest BCUT2D eigenvalue weighted by Crippen LogP contribution is -2.57. The van der Waals surface area contributed by atoms with Gasteiger partial charge in [-0.25, -0.2) is 0 Å². The molecule has 3 unspecified atom stereocenters. The van der Waals surface area contributed by atoms with E-state index in [-0.39, 0.29) is 18.2 Å². The molecule has 1 aromatic carbocycles. The van der Waals surface area contributed by atoms with Crippen molar-refractivity contribution in [1.82, 2.24) is 0 Å². The van der Waals surface area contributed by atoms with E-state index in [1.807, 2.05) is 18.2 Å². The molecule has 1 aliphatic carbocycles. The van der Waals surface area contributed by atoms with Crippen molar-refractivity contribution in [2.24, 2.45) is 5.73 Å². The van der Waals surface area contributed by atoms with Crippen LogP contribution in [-0.4, -0.2) is 25.4 Å². The average molecular weight is 207 g/mol. The Hall–Kier alpha value is -0.900. The highest BCUT2D eigenvalue weighted by Gasteiger charge is 2.39. The molecule has 0 radical (unpaired) electrons. The van der Waals surface area contributed by atoms with Crippen LogP contribution in [0.5, 0.6) is 0 Å². The van der Waals surface area contributed by atoms with Crippen molar-refractivity contribution in [3.63, 3.8) is 0 Å². The molecule has 82 valence electrons. The van der Waals surface area contributed by atoms with E-state index in [4.69, 9.17) is 15.2 Å². The summed E-state index contributed by atoms with van der Waals surface area (Å²) in [4.78, 5) is 0. The third kappa shape index (κ3) is 2.37. The topological polar surface area (TPSA) is 44.5 Å². The summed E-state index contributed by atoms with van der Waals surface area (Å²) in [5.41, 5.74) is 6.98. The first-order valence-corrected chi connectivity index (χ1v) is 5.25. The van der Waals surface area contributed by atoms with E-state index in [9.17, 15) is 0 Å². The Balaban J connectivity index is 1.80. The lowest BCUT2D eigenvalue weighted by Gasteiger charge is -2.40. The number of ether oxygens (including phenoxy) is 2. The van der Waals surface area contributed by atoms with Gasteiger partial charge in [-0.3, -0.25) is 0 Å². The lowest BCUT2D eigenvalue weighted by molar-refractivity contribution is -0.131. The lowest BCUT2D eigenvalue weighted by atomic mass is 9.86. The molecule has 1 fully saturated rings. The number of hydrogen-bond donors (Lipinski definition) is 1. The van der Waals surface area contributed by atoms with Gasteiger partial charge in [-0.05, 0) is 12.0 Å². The van der Waals surface area contributed by atoms with Gasteiger partial charge in [0, 0.05) is 13.2 Å². The molecule has 2 rings (SSSR count). The van der Waals surface area contributed by atoms with Crippen molar-refractivity contribution in [3.05, 3.63) is 35.9 Å². The van der Waals surface area contributed by atoms with Crippen LogP contribution in [0.4, 0.5) is 0 Å². The second-order valence-corrected chi connectivity index (χ2v) is 3.93. The molecule has 0 heterocycles. The Labute approximate surface area is 90.2 Å². The fourth-order valence-electron chi connectivity index (χ4n) is 1.88. The third-order valence-electron chi connectivity index (χ3n) is 2.87. The van der Waals surface area contributed by atoms with Gasteiger partial charge in [0.1, 0.15) is 0 Å². The fraction of sp³-hybridized carbons (Fsp3) is 0.500. The summed E-state index contributed by atoms with van der Waals surface area (Å²) in [6, 6.07) is 10.3. The number of methoxy groups -OCH3 is 1. The van der Waals surface area contributed by atoms with E-state index >= 15 is 0 Å². The number of benzene rings is 1. The first-order chi connectivity index (χ1) is 7.31. The largest absolute Gasteiger partial charge is 0.377 e. The smallest absolute Gasteiger partial charge is 0.0984 e. The normalized spacial score (nSPS) is 29.9. The number of hydrogen-bond acceptors (Lipinski definition) is 3. The zero-order chi connectivity index (χ0) is 10.7. The van der Waals surface area contributed by atoms with Gasteiger partial charge in [0.2, 0.25) is 0 Å². The minimum Gasteiger partial charge on any atom is -0.377 e. The number of rotatable bonds is 4. The van der Waals surface area contributed by atoms with Crippen LogP contribution in [0.25, 0.3) is 0 Å². The minimum absolute atomic E-state index is 0.0636. The summed E-state index contributed by atoms with van der Waals surface area (Å²) >= 11 is 0. The Morgan fingerprint density at radius 2 is 2.07 bits per heavy atom. The van der Waals surface area contributed by atoms with Crippen molar-refractivity contribution < 1.29 is 9.47 Å². The van der Waals surface area contributed by atoms with E-state index in [2.05, 4.69) is 12.1 Å². The molecule has 0 saturated heterocycles. The first-order valence-electron chi connectivity index (χ1n) is 5.25. The van der Waals surface area contributed by atoms with E-state index in [1.165, 1.54) is 5.56 Å². The Morgan fingerprint density at radius 3 is 2.67 bits per heavy atom. The van der Waals surface area contributed by atoms with Crippen LogP contribution in [0.1, 0.15) is 12.0 Å². The van der Waals surface area contributed by atoms with Gasteiger partial charge in [0.25, 0.3) is 0 Å². The molecule has 1 saturated carbocycles. The van der Waals surface area contributed by atoms with Crippen LogP contribution in [0.15, 0.2) is 30.3 Å². The second kappa shape index (κ2) is 4.75. The average Bonchev–Trinajstić information content (AvgIpc) is 2.26. The summed E-state index contributed by atoms with van der Waals surface area (Å²) in [6.07, 6.45) is 1.12. The molecule has 0 bridgehead atoms. The van der Waals surface area contributed by atoms with Gasteiger partial charge < -0.3 is 15.2 Å². The highest BCUT2D eigenvalue weighted by Crippen LogP contribution is 2.25. The van der Waals surface area contributed by atoms with E-state index in [0.717, 1.165) is 6.42 Å². The summed E-state index contributed by atoms with van der Waals surface area (Å²) in [6.45, 7) is 0.637. The van der Waals surface area contributed by atoms with Crippen molar-refractivity contribution in [3.8, 4) is 0 Å². The Bertz CT molecular complexity index is 302. The van der Waals surface area contributed by atoms with Gasteiger partial charge in [-0.15, -0.1) is 0 Å². The minimum atomic E-state index is 0.0636. The zero-order valence-corrected chi connectivity index (χ0v) is 8.93. The molecular weight excluding hydrogens is 190 g/mol. The molecule has 0 amide bonds. The van der Waals surface area contributed by atoms with Crippen molar-refractivity contribution >= 4 is 0 Å². The molecule has 3 nitrogen and oxygen atoms in total. The summed E-state index contributed by atoms with van der Waals surface area (Å²) in [7, 11) is 1.68. The summed E-state index contributed by atoms with van der Waals surface area (Å²) < 4.78 is 11.0. The SMILES string of the molecule is COC1C(N)CC1OCc1ccccc1. The van der Waals surface area contributed by atoms with Crippen LogP contribution in [0, 0.1) is 0 Å². The predicted octanol–water partition coefficient (Wildman–Crippen LogP) is 1.32. The molecule has 0 aromatic heterocycles. The van der Waals surface area contributed by atoms with Crippen LogP contribution in [-0.2, 0) is 16.1 Å². The molecule has 15 heavy (non-hydrogen) atoms. The van der Waals surface area contributed by atoms with E-state index in [1.54, 1.807) is 7.11 Å². The molecule has 0 aliphatic heterocycles. The van der Waals surface area contributed by atoms with Gasteiger partial charge in [0.15, 0.2) is 0 Å². The maximum Gasteiger partial charge on any atom is 0.0984 e. The van der Waals surface area contributed by atoms with Crippen molar-refractivity contribution in [2.75, 3.05) is 7.11 Å². The van der Waals surface area contributed by atoms with Gasteiger partial charge in [0.05, 0.1) is 18.8 Å². The van der Waals surface area contributed by atoms with Gasteiger partial charge >= 0.3 is 0 Å². The molecule has 0 spiro atoms. The van der Waals surface area contributed by atoms with Crippen LogP contribution < -0.4 is 5.73 Å². The van der Waals surface area contributed by atoms with E-state index in [0.29, 0.717) is 6.61 Å². The highest BCUT2D eigenvalue weighted by molar-refractivity contribution is 5.13. The summed E-state index contributed by atoms with van der Waals surface area (Å²) in [5, 5.41) is 0. The van der Waals surface area contributed by atoms with Gasteiger partial charge in [-0.2, -0.15) is 0 Å². The highest BCUT2D eigenvalue weighted by atomic mass is 16.5. The molecule has 1 aromatic rings. The maximum atomic E-state index is 5.79. The van der Waals surface area contributed by atoms with Crippen LogP contribution in [0.3, 0.4) is 0 Å². The Morgan fingerprint density at radius 1 is 1.33 bits per heavy atom. The molecule has 1 aliphatic rings.